The Kier molecular flexibility index (Phi) is 4.29. The van der Waals surface area contributed by atoms with Crippen molar-refractivity contribution in [2.75, 3.05) is 19.7 Å². The fourth-order valence-electron chi connectivity index (χ4n) is 2.91. The van der Waals surface area contributed by atoms with Gasteiger partial charge in [0.05, 0.1) is 6.61 Å². The van der Waals surface area contributed by atoms with E-state index in [0.717, 1.165) is 36.4 Å². The van der Waals surface area contributed by atoms with Crippen molar-refractivity contribution in [2.45, 2.75) is 38.0 Å². The highest BCUT2D eigenvalue weighted by Gasteiger charge is 2.19. The minimum Gasteiger partial charge on any atom is -0.493 e. The molecule has 0 aromatic heterocycles. The summed E-state index contributed by atoms with van der Waals surface area (Å²) in [5.74, 6) is 2.29. The van der Waals surface area contributed by atoms with E-state index in [-0.39, 0.29) is 0 Å². The molecule has 3 heteroatoms. The third-order valence-electron chi connectivity index (χ3n) is 4.37. The fourth-order valence-corrected chi connectivity index (χ4v) is 3.15. The van der Waals surface area contributed by atoms with Crippen LogP contribution in [0.2, 0.25) is 5.02 Å². The first-order chi connectivity index (χ1) is 9.31. The van der Waals surface area contributed by atoms with E-state index in [1.165, 1.54) is 37.7 Å². The van der Waals surface area contributed by atoms with Crippen molar-refractivity contribution in [1.29, 1.82) is 0 Å². The van der Waals surface area contributed by atoms with Crippen LogP contribution in [0.3, 0.4) is 0 Å². The van der Waals surface area contributed by atoms with Crippen LogP contribution in [0.25, 0.3) is 0 Å². The number of rotatable bonds is 4. The predicted molar refractivity (Wildman–Crippen MR) is 79.1 cm³/mol. The van der Waals surface area contributed by atoms with Crippen molar-refractivity contribution >= 4 is 11.6 Å². The average Bonchev–Trinajstić information content (AvgIpc) is 2.37. The van der Waals surface area contributed by atoms with Gasteiger partial charge in [0.1, 0.15) is 5.75 Å². The largest absolute Gasteiger partial charge is 0.493 e. The van der Waals surface area contributed by atoms with Gasteiger partial charge >= 0.3 is 0 Å². The first kappa shape index (κ1) is 13.3. The van der Waals surface area contributed by atoms with Crippen LogP contribution in [0, 0.1) is 5.92 Å². The van der Waals surface area contributed by atoms with Gasteiger partial charge in [-0.15, -0.1) is 0 Å². The molecule has 1 saturated heterocycles. The Morgan fingerprint density at radius 2 is 2.05 bits per heavy atom. The normalized spacial score (nSPS) is 23.9. The molecule has 1 aromatic rings. The Hall–Kier alpha value is -0.730. The molecule has 1 heterocycles. The van der Waals surface area contributed by atoms with Crippen LogP contribution in [-0.4, -0.2) is 19.7 Å². The third-order valence-corrected chi connectivity index (χ3v) is 4.59. The van der Waals surface area contributed by atoms with Gasteiger partial charge in [0.15, 0.2) is 0 Å². The highest BCUT2D eigenvalue weighted by atomic mass is 35.5. The van der Waals surface area contributed by atoms with Crippen molar-refractivity contribution in [2.24, 2.45) is 5.92 Å². The Balaban J connectivity index is 1.67. The monoisotopic (exact) mass is 279 g/mol. The Bertz CT molecular complexity index is 425. The summed E-state index contributed by atoms with van der Waals surface area (Å²) in [6.45, 7) is 3.05. The number of nitrogens with one attached hydrogen (secondary N) is 1. The van der Waals surface area contributed by atoms with Gasteiger partial charge in [-0.3, -0.25) is 0 Å². The average molecular weight is 280 g/mol. The minimum absolute atomic E-state index is 0.582. The Morgan fingerprint density at radius 3 is 2.74 bits per heavy atom. The lowest BCUT2D eigenvalue weighted by Crippen LogP contribution is -2.28. The second kappa shape index (κ2) is 6.15. The summed E-state index contributed by atoms with van der Waals surface area (Å²) in [4.78, 5) is 0. The zero-order chi connectivity index (χ0) is 13.1. The van der Waals surface area contributed by atoms with Crippen molar-refractivity contribution < 1.29 is 4.74 Å². The fraction of sp³-hybridized carbons (Fsp3) is 0.625. The van der Waals surface area contributed by atoms with E-state index in [4.69, 9.17) is 16.3 Å². The molecular formula is C16H22ClNO. The number of halogens is 1. The summed E-state index contributed by atoms with van der Waals surface area (Å²) in [5, 5.41) is 4.25. The lowest BCUT2D eigenvalue weighted by atomic mass is 9.86. The summed E-state index contributed by atoms with van der Waals surface area (Å²) >= 11 is 6.23. The molecule has 1 aromatic carbocycles. The summed E-state index contributed by atoms with van der Waals surface area (Å²) in [6.07, 6.45) is 6.49. The topological polar surface area (TPSA) is 21.3 Å². The lowest BCUT2D eigenvalue weighted by Gasteiger charge is -2.26. The van der Waals surface area contributed by atoms with Crippen molar-refractivity contribution in [3.05, 3.63) is 28.8 Å². The van der Waals surface area contributed by atoms with Gasteiger partial charge in [0, 0.05) is 11.6 Å². The molecule has 2 fully saturated rings. The van der Waals surface area contributed by atoms with Crippen LogP contribution in [0.1, 0.15) is 43.6 Å². The van der Waals surface area contributed by atoms with E-state index < -0.39 is 0 Å². The number of ether oxygens (including phenoxy) is 1. The maximum atomic E-state index is 6.23. The van der Waals surface area contributed by atoms with Gasteiger partial charge in [-0.25, -0.2) is 0 Å². The van der Waals surface area contributed by atoms with Crippen LogP contribution in [0.4, 0.5) is 0 Å². The number of hydrogen-bond acceptors (Lipinski definition) is 2. The molecular weight excluding hydrogens is 258 g/mol. The summed E-state index contributed by atoms with van der Waals surface area (Å²) in [7, 11) is 0. The molecule has 19 heavy (non-hydrogen) atoms. The first-order valence-corrected chi connectivity index (χ1v) is 7.83. The molecule has 1 saturated carbocycles. The molecule has 2 aliphatic rings. The van der Waals surface area contributed by atoms with E-state index in [2.05, 4.69) is 17.4 Å². The SMILES string of the molecule is Clc1cc(OCC2CCC2)cc(C2CCCNC2)c1. The molecule has 2 nitrogen and oxygen atoms in total. The molecule has 3 rings (SSSR count). The van der Waals surface area contributed by atoms with Crippen LogP contribution in [0.15, 0.2) is 18.2 Å². The van der Waals surface area contributed by atoms with Gasteiger partial charge < -0.3 is 10.1 Å². The number of benzene rings is 1. The van der Waals surface area contributed by atoms with Gasteiger partial charge in [-0.2, -0.15) is 0 Å². The van der Waals surface area contributed by atoms with Gasteiger partial charge in [-0.05, 0) is 67.8 Å². The summed E-state index contributed by atoms with van der Waals surface area (Å²) in [5.41, 5.74) is 1.32. The summed E-state index contributed by atoms with van der Waals surface area (Å²) < 4.78 is 5.92. The molecule has 1 atom stereocenters. The van der Waals surface area contributed by atoms with Crippen LogP contribution in [-0.2, 0) is 0 Å². The van der Waals surface area contributed by atoms with Crippen molar-refractivity contribution in [3.63, 3.8) is 0 Å². The van der Waals surface area contributed by atoms with E-state index in [0.29, 0.717) is 5.92 Å². The van der Waals surface area contributed by atoms with Gasteiger partial charge in [0.25, 0.3) is 0 Å². The molecule has 0 amide bonds. The standard InChI is InChI=1S/C16H22ClNO/c17-15-7-14(13-5-2-6-18-10-13)8-16(9-15)19-11-12-3-1-4-12/h7-9,12-13,18H,1-6,10-11H2. The highest BCUT2D eigenvalue weighted by Crippen LogP contribution is 2.31. The molecule has 1 N–H and O–H groups in total. The Morgan fingerprint density at radius 1 is 1.16 bits per heavy atom. The van der Waals surface area contributed by atoms with E-state index in [9.17, 15) is 0 Å². The van der Waals surface area contributed by atoms with Crippen molar-refractivity contribution in [3.8, 4) is 5.75 Å². The zero-order valence-electron chi connectivity index (χ0n) is 11.3. The van der Waals surface area contributed by atoms with Crippen LogP contribution in [0.5, 0.6) is 5.75 Å². The number of hydrogen-bond donors (Lipinski definition) is 1. The second-order valence-electron chi connectivity index (χ2n) is 5.87. The maximum absolute atomic E-state index is 6.23. The van der Waals surface area contributed by atoms with E-state index in [1.807, 2.05) is 6.07 Å². The number of piperidine rings is 1. The smallest absolute Gasteiger partial charge is 0.121 e. The molecule has 0 spiro atoms. The summed E-state index contributed by atoms with van der Waals surface area (Å²) in [6, 6.07) is 6.22. The molecule has 1 unspecified atom stereocenters. The van der Waals surface area contributed by atoms with Crippen LogP contribution >= 0.6 is 11.6 Å². The molecule has 104 valence electrons. The molecule has 1 aliphatic heterocycles. The minimum atomic E-state index is 0.582. The quantitative estimate of drug-likeness (QED) is 0.900. The van der Waals surface area contributed by atoms with Gasteiger partial charge in [0.2, 0.25) is 0 Å². The molecule has 0 radical (unpaired) electrons. The van der Waals surface area contributed by atoms with E-state index >= 15 is 0 Å². The Labute approximate surface area is 120 Å². The van der Waals surface area contributed by atoms with Crippen molar-refractivity contribution in [1.82, 2.24) is 5.32 Å². The molecule has 1 aliphatic carbocycles. The lowest BCUT2D eigenvalue weighted by molar-refractivity contribution is 0.180. The third kappa shape index (κ3) is 3.43. The van der Waals surface area contributed by atoms with Gasteiger partial charge in [-0.1, -0.05) is 18.0 Å². The second-order valence-corrected chi connectivity index (χ2v) is 6.31. The predicted octanol–water partition coefficient (Wildman–Crippen LogP) is 3.99. The maximum Gasteiger partial charge on any atom is 0.121 e. The first-order valence-electron chi connectivity index (χ1n) is 7.45. The molecule has 0 bridgehead atoms. The zero-order valence-corrected chi connectivity index (χ0v) is 12.1. The van der Waals surface area contributed by atoms with Crippen LogP contribution < -0.4 is 10.1 Å². The highest BCUT2D eigenvalue weighted by molar-refractivity contribution is 6.30. The van der Waals surface area contributed by atoms with E-state index in [1.54, 1.807) is 0 Å².